The van der Waals surface area contributed by atoms with Gasteiger partial charge in [0.05, 0.1) is 0 Å². The molecule has 0 aliphatic heterocycles. The van der Waals surface area contributed by atoms with Crippen molar-refractivity contribution < 1.29 is 0 Å². The lowest BCUT2D eigenvalue weighted by Crippen LogP contribution is -1.97. The zero-order valence-corrected chi connectivity index (χ0v) is 7.96. The van der Waals surface area contributed by atoms with Crippen molar-refractivity contribution in [2.75, 3.05) is 0 Å². The molecule has 0 nitrogen and oxygen atoms in total. The van der Waals surface area contributed by atoms with Gasteiger partial charge in [-0.3, -0.25) is 0 Å². The molecule has 0 saturated heterocycles. The molecule has 0 unspecified atom stereocenters. The summed E-state index contributed by atoms with van der Waals surface area (Å²) in [5.41, 5.74) is 1.40. The maximum Gasteiger partial charge on any atom is -0.0106 e. The molecule has 0 N–H and O–H groups in total. The van der Waals surface area contributed by atoms with Gasteiger partial charge in [0.15, 0.2) is 0 Å². The average molecular weight is 159 g/mol. The maximum absolute atomic E-state index is 3.15. The van der Waals surface area contributed by atoms with Crippen LogP contribution in [0.25, 0.3) is 6.08 Å². The first kappa shape index (κ1) is 9.05. The topological polar surface area (TPSA) is 0 Å². The predicted octanol–water partition coefficient (Wildman–Crippen LogP) is 3.55. The Morgan fingerprint density at radius 1 is 1.25 bits per heavy atom. The van der Waals surface area contributed by atoms with Crippen LogP contribution in [0.5, 0.6) is 0 Å². The quantitative estimate of drug-likeness (QED) is 0.588. The lowest BCUT2D eigenvalue weighted by atomic mass is 9.95. The van der Waals surface area contributed by atoms with Crippen LogP contribution in [0.2, 0.25) is 0 Å². The fourth-order valence-electron chi connectivity index (χ4n) is 0.851. The fourth-order valence-corrected chi connectivity index (χ4v) is 0.851. The summed E-state index contributed by atoms with van der Waals surface area (Å²) in [5.74, 6) is 0. The second-order valence-corrected chi connectivity index (χ2v) is 4.02. The number of hydrogen-bond acceptors (Lipinski definition) is 0. The number of rotatable bonds is 1. The van der Waals surface area contributed by atoms with Crippen LogP contribution in [-0.4, -0.2) is 0 Å². The molecule has 1 rings (SSSR count). The number of benzene rings is 1. The van der Waals surface area contributed by atoms with Crippen LogP contribution in [0.15, 0.2) is 30.3 Å². The van der Waals surface area contributed by atoms with E-state index in [0.717, 1.165) is 5.56 Å². The van der Waals surface area contributed by atoms with Crippen LogP contribution in [0.4, 0.5) is 0 Å². The Morgan fingerprint density at radius 2 is 2.00 bits per heavy atom. The summed E-state index contributed by atoms with van der Waals surface area (Å²) < 4.78 is 0. The molecule has 0 heterocycles. The molecular weight excluding hydrogens is 144 g/mol. The van der Waals surface area contributed by atoms with Crippen LogP contribution in [0.1, 0.15) is 26.3 Å². The van der Waals surface area contributed by atoms with E-state index in [1.807, 2.05) is 18.2 Å². The van der Waals surface area contributed by atoms with Crippen molar-refractivity contribution in [1.29, 1.82) is 0 Å². The molecule has 1 aromatic rings. The molecule has 0 aromatic heterocycles. The summed E-state index contributed by atoms with van der Waals surface area (Å²) in [7, 11) is 0. The van der Waals surface area contributed by atoms with Crippen molar-refractivity contribution in [1.82, 2.24) is 0 Å². The van der Waals surface area contributed by atoms with E-state index >= 15 is 0 Å². The van der Waals surface area contributed by atoms with E-state index in [1.54, 1.807) is 0 Å². The van der Waals surface area contributed by atoms with E-state index in [2.05, 4.69) is 45.1 Å². The monoisotopic (exact) mass is 159 g/mol. The minimum atomic E-state index is 0.254. The zero-order chi connectivity index (χ0) is 9.03. The largest absolute Gasteiger partial charge is 0.0785 e. The molecule has 0 bridgehead atoms. The highest BCUT2D eigenvalue weighted by Gasteiger charge is 2.02. The molecule has 0 atom stereocenters. The minimum absolute atomic E-state index is 0.254. The van der Waals surface area contributed by atoms with Gasteiger partial charge in [0.2, 0.25) is 0 Å². The third-order valence-electron chi connectivity index (χ3n) is 1.50. The first-order chi connectivity index (χ1) is 5.58. The third-order valence-corrected chi connectivity index (χ3v) is 1.50. The first-order valence-electron chi connectivity index (χ1n) is 4.24. The molecule has 1 aromatic carbocycles. The normalized spacial score (nSPS) is 12.2. The Balaban J connectivity index is 2.71. The van der Waals surface area contributed by atoms with Crippen LogP contribution in [0, 0.1) is 11.5 Å². The summed E-state index contributed by atoms with van der Waals surface area (Å²) in [4.78, 5) is 0. The van der Waals surface area contributed by atoms with Crippen molar-refractivity contribution in [2.45, 2.75) is 20.8 Å². The predicted molar refractivity (Wildman–Crippen MR) is 53.8 cm³/mol. The highest BCUT2D eigenvalue weighted by molar-refractivity contribution is 5.48. The van der Waals surface area contributed by atoms with E-state index in [-0.39, 0.29) is 5.41 Å². The Bertz CT molecular complexity index is 249. The summed E-state index contributed by atoms with van der Waals surface area (Å²) in [6.45, 7) is 6.56. The molecule has 12 heavy (non-hydrogen) atoms. The van der Waals surface area contributed by atoms with Gasteiger partial charge in [0, 0.05) is 0 Å². The first-order valence-corrected chi connectivity index (χ1v) is 4.24. The van der Waals surface area contributed by atoms with Gasteiger partial charge in [-0.1, -0.05) is 57.2 Å². The van der Waals surface area contributed by atoms with Gasteiger partial charge in [-0.05, 0) is 17.0 Å². The standard InChI is InChI=1S/C12H15/c1-12(2,3)10-9-11-7-5-4-6-8-11/h4-7,9-10H,1-3H3. The van der Waals surface area contributed by atoms with Crippen LogP contribution in [0.3, 0.4) is 0 Å². The lowest BCUT2D eigenvalue weighted by Gasteiger charge is -2.10. The van der Waals surface area contributed by atoms with Crippen LogP contribution < -0.4 is 0 Å². The molecule has 0 amide bonds. The van der Waals surface area contributed by atoms with E-state index in [0.29, 0.717) is 0 Å². The second kappa shape index (κ2) is 3.57. The Hall–Kier alpha value is -1.04. The summed E-state index contributed by atoms with van der Waals surface area (Å²) in [6, 6.07) is 11.2. The van der Waals surface area contributed by atoms with E-state index < -0.39 is 0 Å². The fraction of sp³-hybridized carbons (Fsp3) is 0.333. The van der Waals surface area contributed by atoms with Gasteiger partial charge in [-0.2, -0.15) is 0 Å². The second-order valence-electron chi connectivity index (χ2n) is 4.02. The van der Waals surface area contributed by atoms with Crippen LogP contribution in [-0.2, 0) is 0 Å². The Morgan fingerprint density at radius 3 is 2.50 bits per heavy atom. The molecule has 0 saturated carbocycles. The van der Waals surface area contributed by atoms with Gasteiger partial charge in [-0.15, -0.1) is 0 Å². The van der Waals surface area contributed by atoms with Crippen molar-refractivity contribution in [3.63, 3.8) is 0 Å². The van der Waals surface area contributed by atoms with E-state index in [4.69, 9.17) is 0 Å². The molecule has 0 aliphatic rings. The Kier molecular flexibility index (Phi) is 2.69. The maximum atomic E-state index is 3.15. The van der Waals surface area contributed by atoms with Gasteiger partial charge >= 0.3 is 0 Å². The number of allylic oxidation sites excluding steroid dienone is 1. The van der Waals surface area contributed by atoms with Gasteiger partial charge in [0.1, 0.15) is 0 Å². The van der Waals surface area contributed by atoms with Crippen molar-refractivity contribution >= 4 is 6.08 Å². The highest BCUT2D eigenvalue weighted by Crippen LogP contribution is 2.16. The SMILES string of the molecule is CC(C)(C)C=Cc1[c]cccc1. The van der Waals surface area contributed by atoms with E-state index in [1.165, 1.54) is 0 Å². The van der Waals surface area contributed by atoms with E-state index in [9.17, 15) is 0 Å². The van der Waals surface area contributed by atoms with Crippen molar-refractivity contribution in [3.8, 4) is 0 Å². The molecule has 63 valence electrons. The Labute approximate surface area is 74.9 Å². The molecule has 0 spiro atoms. The van der Waals surface area contributed by atoms with Crippen molar-refractivity contribution in [3.05, 3.63) is 42.0 Å². The summed E-state index contributed by atoms with van der Waals surface area (Å²) in [6.07, 6.45) is 4.30. The van der Waals surface area contributed by atoms with Crippen molar-refractivity contribution in [2.24, 2.45) is 5.41 Å². The number of hydrogen-bond donors (Lipinski definition) is 0. The molecule has 0 aliphatic carbocycles. The third kappa shape index (κ3) is 3.38. The van der Waals surface area contributed by atoms with Gasteiger partial charge in [0.25, 0.3) is 0 Å². The summed E-state index contributed by atoms with van der Waals surface area (Å²) >= 11 is 0. The minimum Gasteiger partial charge on any atom is -0.0785 e. The molecule has 0 fully saturated rings. The molecule has 0 heteroatoms. The zero-order valence-electron chi connectivity index (χ0n) is 7.96. The van der Waals surface area contributed by atoms with Gasteiger partial charge < -0.3 is 0 Å². The molecule has 1 radical (unpaired) electrons. The smallest absolute Gasteiger partial charge is 0.0106 e. The van der Waals surface area contributed by atoms with Crippen LogP contribution >= 0.6 is 0 Å². The highest BCUT2D eigenvalue weighted by atomic mass is 14.1. The average Bonchev–Trinajstić information content (AvgIpc) is 2.02. The molecular formula is C12H15. The van der Waals surface area contributed by atoms with Gasteiger partial charge in [-0.25, -0.2) is 0 Å². The summed E-state index contributed by atoms with van der Waals surface area (Å²) in [5, 5.41) is 0. The lowest BCUT2D eigenvalue weighted by molar-refractivity contribution is 0.547.